The molecule has 0 aliphatic rings. The highest BCUT2D eigenvalue weighted by Crippen LogP contribution is 2.22. The zero-order valence-corrected chi connectivity index (χ0v) is 9.94. The molecule has 84 valence electrons. The normalized spacial score (nSPS) is 10.6. The van der Waals surface area contributed by atoms with E-state index in [0.717, 1.165) is 21.9 Å². The Kier molecular flexibility index (Phi) is 3.64. The summed E-state index contributed by atoms with van der Waals surface area (Å²) < 4.78 is 1.81. The molecule has 16 heavy (non-hydrogen) atoms. The van der Waals surface area contributed by atoms with Crippen LogP contribution in [-0.4, -0.2) is 14.9 Å². The van der Waals surface area contributed by atoms with Crippen molar-refractivity contribution in [2.75, 3.05) is 0 Å². The van der Waals surface area contributed by atoms with Gasteiger partial charge in [-0.15, -0.1) is 11.8 Å². The molecule has 1 heterocycles. The van der Waals surface area contributed by atoms with Crippen LogP contribution in [0.4, 0.5) is 0 Å². The maximum Gasteiger partial charge on any atom is 0.0727 e. The minimum Gasteiger partial charge on any atom is -0.392 e. The first-order valence-corrected chi connectivity index (χ1v) is 6.07. The molecule has 0 saturated carbocycles. The van der Waals surface area contributed by atoms with E-state index >= 15 is 0 Å². The van der Waals surface area contributed by atoms with Crippen molar-refractivity contribution in [1.82, 2.24) is 9.78 Å². The molecule has 2 aromatic rings. The van der Waals surface area contributed by atoms with Gasteiger partial charge in [-0.2, -0.15) is 5.10 Å². The topological polar surface area (TPSA) is 38.0 Å². The highest BCUT2D eigenvalue weighted by Gasteiger charge is 2.00. The quantitative estimate of drug-likeness (QED) is 0.824. The molecular weight excluding hydrogens is 220 g/mol. The molecule has 0 atom stereocenters. The van der Waals surface area contributed by atoms with Crippen molar-refractivity contribution >= 4 is 11.8 Å². The summed E-state index contributed by atoms with van der Waals surface area (Å²) in [6.07, 6.45) is 1.94. The van der Waals surface area contributed by atoms with E-state index in [1.165, 1.54) is 0 Å². The van der Waals surface area contributed by atoms with Crippen molar-refractivity contribution < 1.29 is 5.11 Å². The molecule has 0 unspecified atom stereocenters. The van der Waals surface area contributed by atoms with E-state index in [4.69, 9.17) is 5.11 Å². The fourth-order valence-electron chi connectivity index (χ4n) is 1.43. The Morgan fingerprint density at radius 3 is 2.94 bits per heavy atom. The van der Waals surface area contributed by atoms with Crippen LogP contribution >= 0.6 is 11.8 Å². The standard InChI is InChI=1S/C12H14N2OS/c1-14-6-5-11(13-14)9-16-12-4-2-3-10(7-12)8-15/h2-7,15H,8-9H2,1H3. The average molecular weight is 234 g/mol. The number of rotatable bonds is 4. The van der Waals surface area contributed by atoms with Gasteiger partial charge in [-0.05, 0) is 23.8 Å². The lowest BCUT2D eigenvalue weighted by Gasteiger charge is -2.01. The number of hydrogen-bond donors (Lipinski definition) is 1. The Labute approximate surface area is 99.1 Å². The molecule has 0 aliphatic carbocycles. The molecule has 0 amide bonds. The predicted molar refractivity (Wildman–Crippen MR) is 65.1 cm³/mol. The first kappa shape index (κ1) is 11.2. The average Bonchev–Trinajstić information content (AvgIpc) is 2.73. The Bertz CT molecular complexity index is 468. The molecule has 3 nitrogen and oxygen atoms in total. The molecule has 0 saturated heterocycles. The van der Waals surface area contributed by atoms with E-state index in [9.17, 15) is 0 Å². The Hall–Kier alpha value is -1.26. The molecule has 0 radical (unpaired) electrons. The van der Waals surface area contributed by atoms with Gasteiger partial charge in [0.15, 0.2) is 0 Å². The van der Waals surface area contributed by atoms with E-state index in [-0.39, 0.29) is 6.61 Å². The number of aliphatic hydroxyl groups is 1. The van der Waals surface area contributed by atoms with Crippen LogP contribution in [0.1, 0.15) is 11.3 Å². The second-order valence-electron chi connectivity index (χ2n) is 3.57. The SMILES string of the molecule is Cn1ccc(CSc2cccc(CO)c2)n1. The lowest BCUT2D eigenvalue weighted by molar-refractivity contribution is 0.281. The molecule has 0 fully saturated rings. The van der Waals surface area contributed by atoms with Crippen LogP contribution in [0.5, 0.6) is 0 Å². The summed E-state index contributed by atoms with van der Waals surface area (Å²) in [6, 6.07) is 9.96. The van der Waals surface area contributed by atoms with Gasteiger partial charge in [0, 0.05) is 23.9 Å². The van der Waals surface area contributed by atoms with Gasteiger partial charge in [-0.1, -0.05) is 12.1 Å². The van der Waals surface area contributed by atoms with Crippen LogP contribution < -0.4 is 0 Å². The van der Waals surface area contributed by atoms with Crippen LogP contribution in [0.25, 0.3) is 0 Å². The second kappa shape index (κ2) is 5.18. The number of benzene rings is 1. The van der Waals surface area contributed by atoms with Crippen molar-refractivity contribution in [3.8, 4) is 0 Å². The van der Waals surface area contributed by atoms with Crippen molar-refractivity contribution in [2.24, 2.45) is 7.05 Å². The number of nitrogens with zero attached hydrogens (tertiary/aromatic N) is 2. The zero-order valence-electron chi connectivity index (χ0n) is 9.13. The molecule has 4 heteroatoms. The molecular formula is C12H14N2OS. The number of hydrogen-bond acceptors (Lipinski definition) is 3. The highest BCUT2D eigenvalue weighted by atomic mass is 32.2. The summed E-state index contributed by atoms with van der Waals surface area (Å²) in [5.41, 5.74) is 2.02. The van der Waals surface area contributed by atoms with Crippen molar-refractivity contribution in [3.05, 3.63) is 47.8 Å². The van der Waals surface area contributed by atoms with E-state index in [1.54, 1.807) is 16.4 Å². The van der Waals surface area contributed by atoms with Gasteiger partial charge in [-0.25, -0.2) is 0 Å². The monoisotopic (exact) mass is 234 g/mol. The van der Waals surface area contributed by atoms with E-state index in [1.807, 2.05) is 43.6 Å². The maximum atomic E-state index is 9.03. The maximum absolute atomic E-state index is 9.03. The predicted octanol–water partition coefficient (Wildman–Crippen LogP) is 2.20. The van der Waals surface area contributed by atoms with Crippen molar-refractivity contribution in [2.45, 2.75) is 17.3 Å². The third kappa shape index (κ3) is 2.87. The Balaban J connectivity index is 1.99. The highest BCUT2D eigenvalue weighted by molar-refractivity contribution is 7.98. The number of aryl methyl sites for hydroxylation is 1. The van der Waals surface area contributed by atoms with Gasteiger partial charge in [0.1, 0.15) is 0 Å². The van der Waals surface area contributed by atoms with Crippen LogP contribution in [0.3, 0.4) is 0 Å². The Morgan fingerprint density at radius 2 is 2.25 bits per heavy atom. The Morgan fingerprint density at radius 1 is 1.38 bits per heavy atom. The lowest BCUT2D eigenvalue weighted by atomic mass is 10.2. The van der Waals surface area contributed by atoms with Crippen LogP contribution in [-0.2, 0) is 19.4 Å². The summed E-state index contributed by atoms with van der Waals surface area (Å²) in [4.78, 5) is 1.16. The van der Waals surface area contributed by atoms with Gasteiger partial charge < -0.3 is 5.11 Å². The smallest absolute Gasteiger partial charge is 0.0727 e. The van der Waals surface area contributed by atoms with Gasteiger partial charge in [0.2, 0.25) is 0 Å². The lowest BCUT2D eigenvalue weighted by Crippen LogP contribution is -1.89. The number of aliphatic hydroxyl groups excluding tert-OH is 1. The fourth-order valence-corrected chi connectivity index (χ4v) is 2.31. The molecule has 2 rings (SSSR count). The summed E-state index contributed by atoms with van der Waals surface area (Å²) >= 11 is 1.73. The van der Waals surface area contributed by atoms with Gasteiger partial charge in [0.25, 0.3) is 0 Å². The zero-order chi connectivity index (χ0) is 11.4. The molecule has 1 aromatic carbocycles. The minimum atomic E-state index is 0.0952. The summed E-state index contributed by atoms with van der Waals surface area (Å²) in [6.45, 7) is 0.0952. The number of thioether (sulfide) groups is 1. The summed E-state index contributed by atoms with van der Waals surface area (Å²) in [5.74, 6) is 0.857. The molecule has 0 spiro atoms. The first-order valence-electron chi connectivity index (χ1n) is 5.09. The van der Waals surface area contributed by atoms with Crippen molar-refractivity contribution in [1.29, 1.82) is 0 Å². The molecule has 0 bridgehead atoms. The van der Waals surface area contributed by atoms with E-state index < -0.39 is 0 Å². The van der Waals surface area contributed by atoms with E-state index in [0.29, 0.717) is 0 Å². The van der Waals surface area contributed by atoms with Gasteiger partial charge in [0.05, 0.1) is 12.3 Å². The molecule has 1 aromatic heterocycles. The largest absolute Gasteiger partial charge is 0.392 e. The molecule has 0 aliphatic heterocycles. The van der Waals surface area contributed by atoms with Crippen LogP contribution in [0, 0.1) is 0 Å². The van der Waals surface area contributed by atoms with Crippen LogP contribution in [0.2, 0.25) is 0 Å². The van der Waals surface area contributed by atoms with E-state index in [2.05, 4.69) is 5.10 Å². The van der Waals surface area contributed by atoms with Crippen LogP contribution in [0.15, 0.2) is 41.4 Å². The van der Waals surface area contributed by atoms with Gasteiger partial charge >= 0.3 is 0 Å². The second-order valence-corrected chi connectivity index (χ2v) is 4.62. The third-order valence-corrected chi connectivity index (χ3v) is 3.26. The minimum absolute atomic E-state index is 0.0952. The number of aromatic nitrogens is 2. The third-order valence-electron chi connectivity index (χ3n) is 2.24. The first-order chi connectivity index (χ1) is 7.78. The summed E-state index contributed by atoms with van der Waals surface area (Å²) in [7, 11) is 1.92. The van der Waals surface area contributed by atoms with Crippen molar-refractivity contribution in [3.63, 3.8) is 0 Å². The summed E-state index contributed by atoms with van der Waals surface area (Å²) in [5, 5.41) is 13.3. The fraction of sp³-hybridized carbons (Fsp3) is 0.250. The van der Waals surface area contributed by atoms with Gasteiger partial charge in [-0.3, -0.25) is 4.68 Å². The molecule has 1 N–H and O–H groups in total.